The van der Waals surface area contributed by atoms with E-state index in [1.165, 1.54) is 11.3 Å². The van der Waals surface area contributed by atoms with E-state index in [0.717, 1.165) is 44.1 Å². The predicted molar refractivity (Wildman–Crippen MR) is 114 cm³/mol. The Morgan fingerprint density at radius 1 is 1.04 bits per heavy atom. The van der Waals surface area contributed by atoms with Crippen LogP contribution in [0.5, 0.6) is 5.75 Å². The second-order valence-electron chi connectivity index (χ2n) is 6.80. The van der Waals surface area contributed by atoms with Crippen LogP contribution in [0, 0.1) is 0 Å². The van der Waals surface area contributed by atoms with Gasteiger partial charge in [-0.15, -0.1) is 11.8 Å². The molecule has 0 bridgehead atoms. The van der Waals surface area contributed by atoms with Crippen LogP contribution < -0.4 is 9.64 Å². The van der Waals surface area contributed by atoms with Crippen molar-refractivity contribution >= 4 is 23.4 Å². The number of thioether (sulfide) groups is 1. The molecule has 3 rings (SSSR count). The minimum atomic E-state index is -0.0160. The molecule has 4 nitrogen and oxygen atoms in total. The van der Waals surface area contributed by atoms with Crippen molar-refractivity contribution in [3.63, 3.8) is 0 Å². The van der Waals surface area contributed by atoms with Crippen molar-refractivity contribution in [1.82, 2.24) is 4.90 Å². The van der Waals surface area contributed by atoms with Gasteiger partial charge < -0.3 is 14.5 Å². The molecule has 1 saturated heterocycles. The van der Waals surface area contributed by atoms with Gasteiger partial charge in [-0.3, -0.25) is 4.79 Å². The van der Waals surface area contributed by atoms with Crippen LogP contribution in [0.4, 0.5) is 5.69 Å². The first-order valence-corrected chi connectivity index (χ1v) is 10.6. The van der Waals surface area contributed by atoms with Gasteiger partial charge in [0.25, 0.3) is 0 Å². The number of amides is 1. The van der Waals surface area contributed by atoms with Gasteiger partial charge in [-0.2, -0.15) is 0 Å². The normalized spacial score (nSPS) is 15.9. The highest BCUT2D eigenvalue weighted by molar-refractivity contribution is 7.99. The summed E-state index contributed by atoms with van der Waals surface area (Å²) in [6.07, 6.45) is 0.994. The van der Waals surface area contributed by atoms with Crippen molar-refractivity contribution in [2.75, 3.05) is 38.2 Å². The van der Waals surface area contributed by atoms with Crippen molar-refractivity contribution < 1.29 is 9.53 Å². The fourth-order valence-corrected chi connectivity index (χ4v) is 4.24. The quantitative estimate of drug-likeness (QED) is 0.752. The first-order chi connectivity index (χ1) is 13.2. The molecule has 0 aliphatic carbocycles. The summed E-state index contributed by atoms with van der Waals surface area (Å²) in [6, 6.07) is 18.5. The molecule has 0 saturated carbocycles. The van der Waals surface area contributed by atoms with E-state index in [-0.39, 0.29) is 11.2 Å². The first-order valence-electron chi connectivity index (χ1n) is 9.50. The molecule has 0 spiro atoms. The molecule has 1 fully saturated rings. The Morgan fingerprint density at radius 2 is 1.78 bits per heavy atom. The second-order valence-corrected chi connectivity index (χ2v) is 8.13. The Hall–Kier alpha value is -2.14. The van der Waals surface area contributed by atoms with Crippen LogP contribution in [-0.4, -0.2) is 49.3 Å². The minimum absolute atomic E-state index is 0.0160. The number of rotatable bonds is 6. The Bertz CT molecular complexity index is 721. The van der Waals surface area contributed by atoms with Crippen LogP contribution in [-0.2, 0) is 10.5 Å². The number of carbonyl (C=O) groups is 1. The lowest BCUT2D eigenvalue weighted by molar-refractivity contribution is -0.130. The molecule has 0 radical (unpaired) electrons. The van der Waals surface area contributed by atoms with Crippen LogP contribution in [0.3, 0.4) is 0 Å². The van der Waals surface area contributed by atoms with Crippen molar-refractivity contribution in [2.24, 2.45) is 0 Å². The van der Waals surface area contributed by atoms with E-state index in [9.17, 15) is 4.79 Å². The molecule has 1 heterocycles. The monoisotopic (exact) mass is 384 g/mol. The molecule has 1 atom stereocenters. The molecule has 2 aromatic carbocycles. The van der Waals surface area contributed by atoms with Gasteiger partial charge in [0.05, 0.1) is 12.4 Å². The summed E-state index contributed by atoms with van der Waals surface area (Å²) in [4.78, 5) is 17.3. The van der Waals surface area contributed by atoms with Crippen LogP contribution in [0.15, 0.2) is 54.6 Å². The Balaban J connectivity index is 1.52. The van der Waals surface area contributed by atoms with Gasteiger partial charge in [-0.1, -0.05) is 30.3 Å². The fourth-order valence-electron chi connectivity index (χ4n) is 3.31. The molecule has 1 aliphatic heterocycles. The molecular weight excluding hydrogens is 356 g/mol. The third-order valence-electron chi connectivity index (χ3n) is 4.94. The summed E-state index contributed by atoms with van der Waals surface area (Å²) in [5.41, 5.74) is 2.46. The first kappa shape index (κ1) is 19.6. The van der Waals surface area contributed by atoms with Gasteiger partial charge >= 0.3 is 0 Å². The Labute approximate surface area is 166 Å². The zero-order valence-corrected chi connectivity index (χ0v) is 17.0. The zero-order chi connectivity index (χ0) is 19.1. The molecule has 5 heteroatoms. The molecule has 1 amide bonds. The van der Waals surface area contributed by atoms with Gasteiger partial charge in [0.15, 0.2) is 0 Å². The van der Waals surface area contributed by atoms with Gasteiger partial charge in [0, 0.05) is 37.6 Å². The number of nitrogens with zero attached hydrogens (tertiary/aromatic N) is 2. The standard InChI is InChI=1S/C22H28N2O2S/c1-18(27-17-19-7-4-3-5-8-19)22(25)24-14-6-13-23(15-16-24)20-9-11-21(26-2)12-10-20/h3-5,7-12,18H,6,13-17H2,1-2H3. The van der Waals surface area contributed by atoms with Gasteiger partial charge in [-0.05, 0) is 43.2 Å². The second kappa shape index (κ2) is 9.70. The molecular formula is C22H28N2O2S. The maximum absolute atomic E-state index is 12.9. The summed E-state index contributed by atoms with van der Waals surface area (Å²) in [5, 5.41) is -0.0160. The van der Waals surface area contributed by atoms with E-state index in [1.807, 2.05) is 42.2 Å². The molecule has 0 aromatic heterocycles. The van der Waals surface area contributed by atoms with Crippen molar-refractivity contribution in [3.05, 3.63) is 60.2 Å². The summed E-state index contributed by atoms with van der Waals surface area (Å²) in [7, 11) is 1.68. The van der Waals surface area contributed by atoms with Crippen molar-refractivity contribution in [1.29, 1.82) is 0 Å². The number of anilines is 1. The van der Waals surface area contributed by atoms with Crippen LogP contribution >= 0.6 is 11.8 Å². The Kier molecular flexibility index (Phi) is 7.04. The fraction of sp³-hybridized carbons (Fsp3) is 0.409. The van der Waals surface area contributed by atoms with E-state index >= 15 is 0 Å². The summed E-state index contributed by atoms with van der Waals surface area (Å²) in [6.45, 7) is 5.49. The summed E-state index contributed by atoms with van der Waals surface area (Å²) in [5.74, 6) is 2.00. The third-order valence-corrected chi connectivity index (χ3v) is 6.14. The maximum Gasteiger partial charge on any atom is 0.235 e. The summed E-state index contributed by atoms with van der Waals surface area (Å²) >= 11 is 1.72. The van der Waals surface area contributed by atoms with E-state index in [2.05, 4.69) is 29.2 Å². The van der Waals surface area contributed by atoms with Crippen molar-refractivity contribution in [2.45, 2.75) is 24.3 Å². The van der Waals surface area contributed by atoms with Crippen LogP contribution in [0.2, 0.25) is 0 Å². The lowest BCUT2D eigenvalue weighted by atomic mass is 10.2. The average molecular weight is 385 g/mol. The van der Waals surface area contributed by atoms with Crippen molar-refractivity contribution in [3.8, 4) is 5.75 Å². The van der Waals surface area contributed by atoms with E-state index in [4.69, 9.17) is 4.74 Å². The number of hydrogen-bond donors (Lipinski definition) is 0. The van der Waals surface area contributed by atoms with E-state index < -0.39 is 0 Å². The lowest BCUT2D eigenvalue weighted by Crippen LogP contribution is -2.39. The minimum Gasteiger partial charge on any atom is -0.497 e. The molecule has 0 N–H and O–H groups in total. The molecule has 1 aliphatic rings. The number of methoxy groups -OCH3 is 1. The average Bonchev–Trinajstić information content (AvgIpc) is 2.98. The highest BCUT2D eigenvalue weighted by atomic mass is 32.2. The predicted octanol–water partition coefficient (Wildman–Crippen LogP) is 4.06. The molecule has 27 heavy (non-hydrogen) atoms. The number of benzene rings is 2. The van der Waals surface area contributed by atoms with Gasteiger partial charge in [0.2, 0.25) is 5.91 Å². The summed E-state index contributed by atoms with van der Waals surface area (Å²) < 4.78 is 5.24. The number of hydrogen-bond acceptors (Lipinski definition) is 4. The molecule has 2 aromatic rings. The highest BCUT2D eigenvalue weighted by Gasteiger charge is 2.23. The van der Waals surface area contributed by atoms with Crippen LogP contribution in [0.25, 0.3) is 0 Å². The van der Waals surface area contributed by atoms with Gasteiger partial charge in [-0.25, -0.2) is 0 Å². The van der Waals surface area contributed by atoms with E-state index in [0.29, 0.717) is 0 Å². The third kappa shape index (κ3) is 5.42. The van der Waals surface area contributed by atoms with Crippen LogP contribution in [0.1, 0.15) is 18.9 Å². The zero-order valence-electron chi connectivity index (χ0n) is 16.1. The Morgan fingerprint density at radius 3 is 2.48 bits per heavy atom. The topological polar surface area (TPSA) is 32.8 Å². The SMILES string of the molecule is COc1ccc(N2CCCN(C(=O)C(C)SCc3ccccc3)CC2)cc1. The highest BCUT2D eigenvalue weighted by Crippen LogP contribution is 2.23. The lowest BCUT2D eigenvalue weighted by Gasteiger charge is -2.25. The smallest absolute Gasteiger partial charge is 0.235 e. The molecule has 1 unspecified atom stereocenters. The maximum atomic E-state index is 12.9. The molecule has 144 valence electrons. The number of carbonyl (C=O) groups excluding carboxylic acids is 1. The number of ether oxygens (including phenoxy) is 1. The largest absolute Gasteiger partial charge is 0.497 e. The van der Waals surface area contributed by atoms with E-state index in [1.54, 1.807) is 18.9 Å². The van der Waals surface area contributed by atoms with Gasteiger partial charge in [0.1, 0.15) is 5.75 Å².